The fourth-order valence-corrected chi connectivity index (χ4v) is 2.45. The summed E-state index contributed by atoms with van der Waals surface area (Å²) in [4.78, 5) is 27.1. The van der Waals surface area contributed by atoms with Crippen LogP contribution in [0.1, 0.15) is 25.0 Å². The first-order valence-electron chi connectivity index (χ1n) is 8.71. The lowest BCUT2D eigenvalue weighted by Crippen LogP contribution is -2.19. The molecule has 1 aliphatic rings. The monoisotopic (exact) mass is 380 g/mol. The van der Waals surface area contributed by atoms with Crippen molar-refractivity contribution in [1.82, 2.24) is 0 Å². The van der Waals surface area contributed by atoms with E-state index in [9.17, 15) is 9.59 Å². The normalized spacial score (nSPS) is 14.8. The van der Waals surface area contributed by atoms with Gasteiger partial charge in [-0.3, -0.25) is 4.79 Å². The molecule has 144 valence electrons. The zero-order chi connectivity index (χ0) is 20.1. The van der Waals surface area contributed by atoms with Crippen LogP contribution in [0, 0.1) is 0 Å². The van der Waals surface area contributed by atoms with Crippen molar-refractivity contribution >= 4 is 23.9 Å². The van der Waals surface area contributed by atoms with Crippen LogP contribution >= 0.6 is 0 Å². The van der Waals surface area contributed by atoms with Crippen LogP contribution in [0.5, 0.6) is 11.5 Å². The first-order valence-corrected chi connectivity index (χ1v) is 8.71. The molecule has 2 N–H and O–H groups in total. The number of aliphatic imine (C=N–C) groups is 1. The predicted octanol–water partition coefficient (Wildman–Crippen LogP) is 2.68. The van der Waals surface area contributed by atoms with Gasteiger partial charge in [-0.15, -0.1) is 0 Å². The molecule has 7 heteroatoms. The Morgan fingerprint density at radius 3 is 2.36 bits per heavy atom. The lowest BCUT2D eigenvalue weighted by Gasteiger charge is -2.09. The van der Waals surface area contributed by atoms with E-state index in [-0.39, 0.29) is 24.3 Å². The Hall–Kier alpha value is -3.61. The molecule has 0 bridgehead atoms. The van der Waals surface area contributed by atoms with Gasteiger partial charge in [0.2, 0.25) is 5.90 Å². The first-order chi connectivity index (χ1) is 13.4. The second-order valence-electron chi connectivity index (χ2n) is 6.35. The third-order valence-electron chi connectivity index (χ3n) is 3.66. The summed E-state index contributed by atoms with van der Waals surface area (Å²) in [6.07, 6.45) is 1.69. The molecule has 2 aromatic carbocycles. The van der Waals surface area contributed by atoms with Crippen LogP contribution in [0.3, 0.4) is 0 Å². The number of amides is 1. The number of ether oxygens (including phenoxy) is 3. The molecule has 3 rings (SSSR count). The molecular weight excluding hydrogens is 360 g/mol. The van der Waals surface area contributed by atoms with Crippen LogP contribution in [-0.2, 0) is 14.3 Å². The number of esters is 1. The van der Waals surface area contributed by atoms with E-state index in [1.165, 1.54) is 0 Å². The minimum absolute atomic E-state index is 0.0783. The zero-order valence-electron chi connectivity index (χ0n) is 15.5. The highest BCUT2D eigenvalue weighted by atomic mass is 16.6. The van der Waals surface area contributed by atoms with Gasteiger partial charge in [0.25, 0.3) is 5.91 Å². The van der Waals surface area contributed by atoms with E-state index >= 15 is 0 Å². The van der Waals surface area contributed by atoms with E-state index in [1.54, 1.807) is 54.6 Å². The summed E-state index contributed by atoms with van der Waals surface area (Å²) >= 11 is 0. The number of hydrogen-bond donors (Lipinski definition) is 1. The molecule has 1 amide bonds. The van der Waals surface area contributed by atoms with E-state index < -0.39 is 11.9 Å². The molecule has 2 aromatic rings. The molecule has 0 radical (unpaired) electrons. The maximum atomic E-state index is 12.1. The van der Waals surface area contributed by atoms with Gasteiger partial charge < -0.3 is 19.9 Å². The number of carbonyl (C=O) groups is 2. The molecule has 0 unspecified atom stereocenters. The Morgan fingerprint density at radius 2 is 1.75 bits per heavy atom. The van der Waals surface area contributed by atoms with E-state index in [2.05, 4.69) is 4.99 Å². The molecule has 0 saturated heterocycles. The number of rotatable bonds is 7. The van der Waals surface area contributed by atoms with Crippen molar-refractivity contribution in [3.8, 4) is 11.5 Å². The van der Waals surface area contributed by atoms with Gasteiger partial charge in [-0.2, -0.15) is 0 Å². The molecule has 0 aliphatic carbocycles. The number of nitrogens with zero attached hydrogens (tertiary/aromatic N) is 1. The molecule has 0 atom stereocenters. The van der Waals surface area contributed by atoms with Crippen LogP contribution in [0.4, 0.5) is 0 Å². The third kappa shape index (κ3) is 4.97. The summed E-state index contributed by atoms with van der Waals surface area (Å²) in [5, 5.41) is 0. The van der Waals surface area contributed by atoms with Gasteiger partial charge in [0.15, 0.2) is 12.3 Å². The number of carbonyl (C=O) groups excluding carboxylic acids is 2. The van der Waals surface area contributed by atoms with Crippen molar-refractivity contribution in [2.75, 3.05) is 6.61 Å². The molecule has 28 heavy (non-hydrogen) atoms. The van der Waals surface area contributed by atoms with Gasteiger partial charge in [-0.1, -0.05) is 12.1 Å². The molecule has 0 saturated carbocycles. The lowest BCUT2D eigenvalue weighted by molar-refractivity contribution is -0.130. The summed E-state index contributed by atoms with van der Waals surface area (Å²) in [5.74, 6) is 0.409. The fourth-order valence-electron chi connectivity index (χ4n) is 2.45. The van der Waals surface area contributed by atoms with Gasteiger partial charge >= 0.3 is 5.97 Å². The van der Waals surface area contributed by atoms with E-state index in [1.807, 2.05) is 13.8 Å². The molecular formula is C21H20N2O5. The predicted molar refractivity (Wildman–Crippen MR) is 104 cm³/mol. The van der Waals surface area contributed by atoms with Gasteiger partial charge in [-0.05, 0) is 61.9 Å². The summed E-state index contributed by atoms with van der Waals surface area (Å²) in [6.45, 7) is 3.70. The van der Waals surface area contributed by atoms with Crippen molar-refractivity contribution in [3.05, 3.63) is 65.4 Å². The molecule has 0 fully saturated rings. The third-order valence-corrected chi connectivity index (χ3v) is 3.66. The van der Waals surface area contributed by atoms with Crippen LogP contribution in [-0.4, -0.2) is 30.5 Å². The van der Waals surface area contributed by atoms with Gasteiger partial charge in [0, 0.05) is 5.56 Å². The standard InChI is InChI=1S/C21H20N2O5/c1-13(2)27-17-9-5-15(6-10-17)20-23-18(21(25)28-20)11-14-3-7-16(8-4-14)26-12-19(22)24/h3-11,13H,12H2,1-2H3,(H2,22,24). The second-order valence-corrected chi connectivity index (χ2v) is 6.35. The quantitative estimate of drug-likeness (QED) is 0.588. The largest absolute Gasteiger partial charge is 0.491 e. The number of primary amides is 1. The van der Waals surface area contributed by atoms with Gasteiger partial charge in [-0.25, -0.2) is 9.79 Å². The molecule has 1 aliphatic heterocycles. The van der Waals surface area contributed by atoms with Crippen LogP contribution < -0.4 is 15.2 Å². The smallest absolute Gasteiger partial charge is 0.363 e. The van der Waals surface area contributed by atoms with Crippen molar-refractivity contribution in [1.29, 1.82) is 0 Å². The summed E-state index contributed by atoms with van der Waals surface area (Å²) < 4.78 is 16.1. The fraction of sp³-hybridized carbons (Fsp3) is 0.190. The summed E-state index contributed by atoms with van der Waals surface area (Å²) in [6, 6.07) is 14.0. The Morgan fingerprint density at radius 1 is 1.11 bits per heavy atom. The SMILES string of the molecule is CC(C)Oc1ccc(C2=NC(=Cc3ccc(OCC(N)=O)cc3)C(=O)O2)cc1. The lowest BCUT2D eigenvalue weighted by atomic mass is 10.2. The Bertz CT molecular complexity index is 928. The van der Waals surface area contributed by atoms with Gasteiger partial charge in [0.05, 0.1) is 6.10 Å². The van der Waals surface area contributed by atoms with E-state index in [0.717, 1.165) is 11.3 Å². The maximum Gasteiger partial charge on any atom is 0.363 e. The average molecular weight is 380 g/mol. The van der Waals surface area contributed by atoms with Gasteiger partial charge in [0.1, 0.15) is 11.5 Å². The van der Waals surface area contributed by atoms with Crippen molar-refractivity contribution < 1.29 is 23.8 Å². The van der Waals surface area contributed by atoms with Crippen LogP contribution in [0.25, 0.3) is 6.08 Å². The molecule has 0 aromatic heterocycles. The van der Waals surface area contributed by atoms with Crippen molar-refractivity contribution in [2.24, 2.45) is 10.7 Å². The minimum atomic E-state index is -0.550. The molecule has 7 nitrogen and oxygen atoms in total. The zero-order valence-corrected chi connectivity index (χ0v) is 15.5. The number of benzene rings is 2. The average Bonchev–Trinajstić information content (AvgIpc) is 3.02. The second kappa shape index (κ2) is 8.39. The Labute approximate surface area is 162 Å². The first kappa shape index (κ1) is 19.2. The molecule has 1 heterocycles. The maximum absolute atomic E-state index is 12.1. The topological polar surface area (TPSA) is 100 Å². The van der Waals surface area contributed by atoms with Crippen molar-refractivity contribution in [2.45, 2.75) is 20.0 Å². The summed E-state index contributed by atoms with van der Waals surface area (Å²) in [5.41, 5.74) is 6.66. The Kier molecular flexibility index (Phi) is 5.74. The highest BCUT2D eigenvalue weighted by Crippen LogP contribution is 2.22. The number of nitrogens with two attached hydrogens (primary N) is 1. The van der Waals surface area contributed by atoms with Crippen LogP contribution in [0.2, 0.25) is 0 Å². The Balaban J connectivity index is 1.73. The van der Waals surface area contributed by atoms with E-state index in [4.69, 9.17) is 19.9 Å². The van der Waals surface area contributed by atoms with Crippen molar-refractivity contribution in [3.63, 3.8) is 0 Å². The highest BCUT2D eigenvalue weighted by molar-refractivity contribution is 6.12. The van der Waals surface area contributed by atoms with Crippen LogP contribution in [0.15, 0.2) is 59.2 Å². The highest BCUT2D eigenvalue weighted by Gasteiger charge is 2.24. The molecule has 0 spiro atoms. The minimum Gasteiger partial charge on any atom is -0.491 e. The number of cyclic esters (lactones) is 1. The van der Waals surface area contributed by atoms with E-state index in [0.29, 0.717) is 11.3 Å². The summed E-state index contributed by atoms with van der Waals surface area (Å²) in [7, 11) is 0. The number of hydrogen-bond acceptors (Lipinski definition) is 6.